The van der Waals surface area contributed by atoms with Gasteiger partial charge in [0.05, 0.1) is 30.6 Å². The molecule has 0 unspecified atom stereocenters. The molecule has 40 heavy (non-hydrogen) atoms. The molecule has 4 aromatic rings. The highest BCUT2D eigenvalue weighted by molar-refractivity contribution is 7.80. The highest BCUT2D eigenvalue weighted by Crippen LogP contribution is 2.44. The lowest BCUT2D eigenvalue weighted by Gasteiger charge is -2.28. The number of nitrogens with one attached hydrogen (secondary N) is 2. The van der Waals surface area contributed by atoms with Gasteiger partial charge in [-0.2, -0.15) is 0 Å². The number of pyridine rings is 1. The summed E-state index contributed by atoms with van der Waals surface area (Å²) in [5.74, 6) is 0.507. The number of aromatic nitrogens is 2. The predicted octanol–water partition coefficient (Wildman–Crippen LogP) is 5.91. The number of carbonyl (C=O) groups excluding carboxylic acids is 1. The average molecular weight is 576 g/mol. The first kappa shape index (κ1) is 27.6. The van der Waals surface area contributed by atoms with Crippen molar-refractivity contribution in [1.82, 2.24) is 14.9 Å². The molecule has 3 heterocycles. The molecule has 1 aliphatic heterocycles. The van der Waals surface area contributed by atoms with E-state index in [9.17, 15) is 4.79 Å². The number of aryl methyl sites for hydroxylation is 1. The van der Waals surface area contributed by atoms with Crippen LogP contribution in [0.4, 0.5) is 11.4 Å². The van der Waals surface area contributed by atoms with E-state index >= 15 is 0 Å². The SMILES string of the molecule is COCC(=O)Nc1ccc(N2C(=S)N[C@H](c3ccccn3)[C@@H]2c2cc(C)n(-c3cc(Cl)ccc3OC)c2C)cc1. The lowest BCUT2D eigenvalue weighted by Crippen LogP contribution is -2.29. The molecule has 5 rings (SSSR count). The van der Waals surface area contributed by atoms with Crippen LogP contribution in [0.25, 0.3) is 5.69 Å². The van der Waals surface area contributed by atoms with Gasteiger partial charge < -0.3 is 29.6 Å². The molecular weight excluding hydrogens is 546 g/mol. The maximum atomic E-state index is 12.0. The summed E-state index contributed by atoms with van der Waals surface area (Å²) < 4.78 is 12.8. The van der Waals surface area contributed by atoms with Gasteiger partial charge in [-0.25, -0.2) is 0 Å². The molecule has 1 aliphatic rings. The highest BCUT2D eigenvalue weighted by Gasteiger charge is 2.42. The summed E-state index contributed by atoms with van der Waals surface area (Å²) in [5, 5.41) is 7.56. The van der Waals surface area contributed by atoms with Crippen LogP contribution in [0.5, 0.6) is 5.75 Å². The number of anilines is 2. The van der Waals surface area contributed by atoms with Crippen molar-refractivity contribution in [3.05, 3.63) is 101 Å². The van der Waals surface area contributed by atoms with Crippen molar-refractivity contribution < 1.29 is 14.3 Å². The van der Waals surface area contributed by atoms with Crippen LogP contribution in [0.2, 0.25) is 5.02 Å². The number of halogens is 1. The number of hydrogen-bond acceptors (Lipinski definition) is 5. The molecule has 1 saturated heterocycles. The molecule has 206 valence electrons. The first-order valence-electron chi connectivity index (χ1n) is 12.7. The maximum Gasteiger partial charge on any atom is 0.250 e. The number of rotatable bonds is 8. The van der Waals surface area contributed by atoms with Gasteiger partial charge in [-0.15, -0.1) is 0 Å². The average Bonchev–Trinajstić information content (AvgIpc) is 3.44. The largest absolute Gasteiger partial charge is 0.495 e. The number of methoxy groups -OCH3 is 2. The Morgan fingerprint density at radius 1 is 1.10 bits per heavy atom. The third-order valence-corrected chi connectivity index (χ3v) is 7.52. The Balaban J connectivity index is 1.61. The number of benzene rings is 2. The molecule has 0 aliphatic carbocycles. The van der Waals surface area contributed by atoms with E-state index in [1.165, 1.54) is 7.11 Å². The summed E-state index contributed by atoms with van der Waals surface area (Å²) in [5.41, 5.74) is 6.45. The number of thiocarbonyl (C=S) groups is 1. The number of ether oxygens (including phenoxy) is 2. The molecule has 0 radical (unpaired) electrons. The van der Waals surface area contributed by atoms with Crippen molar-refractivity contribution in [1.29, 1.82) is 0 Å². The van der Waals surface area contributed by atoms with E-state index in [-0.39, 0.29) is 24.6 Å². The summed E-state index contributed by atoms with van der Waals surface area (Å²) >= 11 is 12.3. The normalized spacial score (nSPS) is 16.6. The third kappa shape index (κ3) is 5.28. The summed E-state index contributed by atoms with van der Waals surface area (Å²) in [6.45, 7) is 4.14. The standard InChI is InChI=1S/C30H30ClN5O3S/c1-18-15-23(19(2)35(18)25-16-20(31)8-13-26(25)39-4)29-28(24-7-5-6-14-32-24)34-30(40)36(29)22-11-9-21(10-12-22)33-27(37)17-38-3/h5-16,28-29H,17H2,1-4H3,(H,33,37)(H,34,40)/t28-,29+/m1/s1. The van der Waals surface area contributed by atoms with Gasteiger partial charge in [0.15, 0.2) is 5.11 Å². The Kier molecular flexibility index (Phi) is 8.07. The fourth-order valence-corrected chi connectivity index (χ4v) is 5.79. The van der Waals surface area contributed by atoms with E-state index < -0.39 is 0 Å². The number of nitrogens with zero attached hydrogens (tertiary/aromatic N) is 3. The Morgan fingerprint density at radius 3 is 2.55 bits per heavy atom. The van der Waals surface area contributed by atoms with E-state index in [4.69, 9.17) is 33.3 Å². The van der Waals surface area contributed by atoms with Crippen LogP contribution in [-0.4, -0.2) is 41.4 Å². The van der Waals surface area contributed by atoms with Gasteiger partial charge >= 0.3 is 0 Å². The van der Waals surface area contributed by atoms with Crippen molar-refractivity contribution in [2.24, 2.45) is 0 Å². The van der Waals surface area contributed by atoms with Gasteiger partial charge in [-0.05, 0) is 92.3 Å². The Morgan fingerprint density at radius 2 is 1.88 bits per heavy atom. The van der Waals surface area contributed by atoms with Crippen LogP contribution in [0.1, 0.15) is 34.7 Å². The minimum Gasteiger partial charge on any atom is -0.495 e. The number of amides is 1. The number of hydrogen-bond donors (Lipinski definition) is 2. The molecule has 10 heteroatoms. The highest BCUT2D eigenvalue weighted by atomic mass is 35.5. The van der Waals surface area contributed by atoms with Crippen molar-refractivity contribution in [2.75, 3.05) is 31.0 Å². The summed E-state index contributed by atoms with van der Waals surface area (Å²) in [4.78, 5) is 18.8. The fourth-order valence-electron chi connectivity index (χ4n) is 5.28. The molecule has 0 bridgehead atoms. The van der Waals surface area contributed by atoms with Crippen LogP contribution >= 0.6 is 23.8 Å². The van der Waals surface area contributed by atoms with E-state index in [1.54, 1.807) is 13.3 Å². The predicted molar refractivity (Wildman–Crippen MR) is 162 cm³/mol. The zero-order valence-electron chi connectivity index (χ0n) is 22.6. The quantitative estimate of drug-likeness (QED) is 0.253. The van der Waals surface area contributed by atoms with Crippen molar-refractivity contribution in [2.45, 2.75) is 25.9 Å². The smallest absolute Gasteiger partial charge is 0.250 e. The van der Waals surface area contributed by atoms with E-state index in [0.717, 1.165) is 39.8 Å². The molecule has 8 nitrogen and oxygen atoms in total. The van der Waals surface area contributed by atoms with Crippen LogP contribution in [-0.2, 0) is 9.53 Å². The van der Waals surface area contributed by atoms with E-state index in [0.29, 0.717) is 15.8 Å². The van der Waals surface area contributed by atoms with E-state index in [2.05, 4.69) is 45.0 Å². The molecule has 0 saturated carbocycles. The lowest BCUT2D eigenvalue weighted by atomic mass is 9.96. The molecule has 1 fully saturated rings. The summed E-state index contributed by atoms with van der Waals surface area (Å²) in [6, 6.07) is 20.9. The molecule has 1 amide bonds. The first-order chi connectivity index (χ1) is 19.3. The second kappa shape index (κ2) is 11.7. The Hall–Kier alpha value is -3.92. The monoisotopic (exact) mass is 575 g/mol. The molecule has 0 spiro atoms. The van der Waals surface area contributed by atoms with Crippen LogP contribution in [0.3, 0.4) is 0 Å². The van der Waals surface area contributed by atoms with Gasteiger partial charge in [0.25, 0.3) is 0 Å². The molecule has 2 atom stereocenters. The topological polar surface area (TPSA) is 80.7 Å². The summed E-state index contributed by atoms with van der Waals surface area (Å²) in [6.07, 6.45) is 1.79. The molecule has 2 aromatic heterocycles. The van der Waals surface area contributed by atoms with Gasteiger partial charge in [0, 0.05) is 41.1 Å². The van der Waals surface area contributed by atoms with Crippen LogP contribution < -0.4 is 20.3 Å². The van der Waals surface area contributed by atoms with E-state index in [1.807, 2.05) is 60.7 Å². The zero-order chi connectivity index (χ0) is 28.4. The first-order valence-corrected chi connectivity index (χ1v) is 13.5. The van der Waals surface area contributed by atoms with Crippen LogP contribution in [0.15, 0.2) is 72.9 Å². The minimum atomic E-state index is -0.217. The molecule has 2 N–H and O–H groups in total. The second-order valence-electron chi connectivity index (χ2n) is 9.50. The third-order valence-electron chi connectivity index (χ3n) is 6.97. The van der Waals surface area contributed by atoms with Crippen molar-refractivity contribution >= 4 is 46.2 Å². The minimum absolute atomic E-state index is 0.0112. The maximum absolute atomic E-state index is 12.0. The van der Waals surface area contributed by atoms with Gasteiger partial charge in [0.2, 0.25) is 5.91 Å². The zero-order valence-corrected chi connectivity index (χ0v) is 24.2. The summed E-state index contributed by atoms with van der Waals surface area (Å²) in [7, 11) is 3.14. The van der Waals surface area contributed by atoms with Gasteiger partial charge in [0.1, 0.15) is 12.4 Å². The van der Waals surface area contributed by atoms with Gasteiger partial charge in [-0.1, -0.05) is 17.7 Å². The number of carbonyl (C=O) groups is 1. The van der Waals surface area contributed by atoms with Gasteiger partial charge in [-0.3, -0.25) is 9.78 Å². The molecular formula is C30H30ClN5O3S. The van der Waals surface area contributed by atoms with Crippen LogP contribution in [0, 0.1) is 13.8 Å². The van der Waals surface area contributed by atoms with Crippen molar-refractivity contribution in [3.63, 3.8) is 0 Å². The lowest BCUT2D eigenvalue weighted by molar-refractivity contribution is -0.119. The Bertz CT molecular complexity index is 1540. The second-order valence-corrected chi connectivity index (χ2v) is 10.3. The van der Waals surface area contributed by atoms with Crippen molar-refractivity contribution in [3.8, 4) is 11.4 Å². The fraction of sp³-hybridized carbons (Fsp3) is 0.233. The molecule has 2 aromatic carbocycles. The Labute approximate surface area is 243 Å².